The minimum Gasteiger partial charge on any atom is -0.258 e. The highest BCUT2D eigenvalue weighted by molar-refractivity contribution is 7.98. The van der Waals surface area contributed by atoms with Crippen LogP contribution in [0.2, 0.25) is 0 Å². The van der Waals surface area contributed by atoms with Crippen molar-refractivity contribution in [1.29, 1.82) is 0 Å². The van der Waals surface area contributed by atoms with Crippen LogP contribution in [0.1, 0.15) is 0 Å². The molecule has 15 heavy (non-hydrogen) atoms. The minimum absolute atomic E-state index is 0.146. The van der Waals surface area contributed by atoms with Crippen LogP contribution in [-0.2, 0) is 0 Å². The summed E-state index contributed by atoms with van der Waals surface area (Å²) in [6, 6.07) is 6.96. The van der Waals surface area contributed by atoms with E-state index in [0.717, 1.165) is 0 Å². The zero-order valence-electron chi connectivity index (χ0n) is 8.01. The van der Waals surface area contributed by atoms with Gasteiger partial charge in [-0.25, -0.2) is 0 Å². The lowest BCUT2D eigenvalue weighted by Gasteiger charge is -2.02. The van der Waals surface area contributed by atoms with Crippen LogP contribution in [0, 0.1) is 10.1 Å². The molecular formula is C10H8N2O2S. The van der Waals surface area contributed by atoms with Gasteiger partial charge in [-0.15, -0.1) is 11.8 Å². The average Bonchev–Trinajstić information content (AvgIpc) is 2.27. The van der Waals surface area contributed by atoms with Gasteiger partial charge in [-0.05, 0) is 30.5 Å². The highest BCUT2D eigenvalue weighted by Gasteiger charge is 2.17. The summed E-state index contributed by atoms with van der Waals surface area (Å²) in [4.78, 5) is 15.4. The van der Waals surface area contributed by atoms with Gasteiger partial charge in [0, 0.05) is 6.20 Å². The van der Waals surface area contributed by atoms with Crippen molar-refractivity contribution in [1.82, 2.24) is 4.98 Å². The van der Waals surface area contributed by atoms with E-state index in [1.54, 1.807) is 30.5 Å². The summed E-state index contributed by atoms with van der Waals surface area (Å²) in [6.45, 7) is 0. The normalized spacial score (nSPS) is 10.5. The second kappa shape index (κ2) is 3.86. The van der Waals surface area contributed by atoms with Gasteiger partial charge in [0.2, 0.25) is 0 Å². The smallest absolute Gasteiger partial charge is 0.258 e. The number of nitro benzene ring substituents is 1. The van der Waals surface area contributed by atoms with Crippen molar-refractivity contribution in [2.45, 2.75) is 4.90 Å². The molecular weight excluding hydrogens is 212 g/mol. The third kappa shape index (κ3) is 1.66. The summed E-state index contributed by atoms with van der Waals surface area (Å²) in [5.41, 5.74) is 0.801. The van der Waals surface area contributed by atoms with E-state index in [1.807, 2.05) is 6.26 Å². The molecule has 0 N–H and O–H groups in total. The summed E-state index contributed by atoms with van der Waals surface area (Å²) in [5, 5.41) is 11.6. The molecule has 0 saturated carbocycles. The summed E-state index contributed by atoms with van der Waals surface area (Å²) in [5.74, 6) is 0. The second-order valence-electron chi connectivity index (χ2n) is 2.94. The van der Waals surface area contributed by atoms with Gasteiger partial charge in [-0.3, -0.25) is 15.1 Å². The van der Waals surface area contributed by atoms with Crippen molar-refractivity contribution in [3.05, 3.63) is 40.6 Å². The first-order valence-electron chi connectivity index (χ1n) is 4.30. The molecule has 5 heteroatoms. The Kier molecular flexibility index (Phi) is 2.55. The van der Waals surface area contributed by atoms with Crippen molar-refractivity contribution in [2.24, 2.45) is 0 Å². The minimum atomic E-state index is -0.351. The molecule has 0 fully saturated rings. The van der Waals surface area contributed by atoms with Crippen molar-refractivity contribution in [3.63, 3.8) is 0 Å². The topological polar surface area (TPSA) is 56.0 Å². The van der Waals surface area contributed by atoms with Crippen LogP contribution >= 0.6 is 11.8 Å². The molecule has 4 nitrogen and oxygen atoms in total. The number of fused-ring (bicyclic) bond motifs is 1. The van der Waals surface area contributed by atoms with Gasteiger partial charge in [0.15, 0.2) is 0 Å². The summed E-state index contributed by atoms with van der Waals surface area (Å²) < 4.78 is 0. The molecule has 2 aromatic rings. The summed E-state index contributed by atoms with van der Waals surface area (Å²) >= 11 is 1.37. The zero-order chi connectivity index (χ0) is 10.8. The first kappa shape index (κ1) is 9.92. The molecule has 0 unspecified atom stereocenters. The maximum Gasteiger partial charge on any atom is 0.292 e. The zero-order valence-corrected chi connectivity index (χ0v) is 8.82. The third-order valence-electron chi connectivity index (χ3n) is 2.12. The fourth-order valence-electron chi connectivity index (χ4n) is 1.47. The molecule has 0 aliphatic carbocycles. The van der Waals surface area contributed by atoms with Crippen molar-refractivity contribution in [2.75, 3.05) is 6.26 Å². The maximum absolute atomic E-state index is 11.0. The van der Waals surface area contributed by atoms with Crippen LogP contribution in [0.25, 0.3) is 10.9 Å². The van der Waals surface area contributed by atoms with Gasteiger partial charge in [0.05, 0.1) is 20.7 Å². The van der Waals surface area contributed by atoms with E-state index < -0.39 is 0 Å². The Bertz CT molecular complexity index is 528. The number of rotatable bonds is 2. The first-order chi connectivity index (χ1) is 7.24. The number of aromatic nitrogens is 1. The van der Waals surface area contributed by atoms with E-state index in [9.17, 15) is 10.1 Å². The predicted octanol–water partition coefficient (Wildman–Crippen LogP) is 2.86. The number of nitro groups is 1. The van der Waals surface area contributed by atoms with Crippen LogP contribution in [0.3, 0.4) is 0 Å². The monoisotopic (exact) mass is 220 g/mol. The van der Waals surface area contributed by atoms with Gasteiger partial charge < -0.3 is 0 Å². The fraction of sp³-hybridized carbons (Fsp3) is 0.100. The van der Waals surface area contributed by atoms with Crippen LogP contribution in [-0.4, -0.2) is 16.2 Å². The standard InChI is InChI=1S/C10H8N2O2S/c1-15-9-5-4-8-7(3-2-6-11-8)10(9)12(13)14/h2-6H,1H3. The van der Waals surface area contributed by atoms with Crippen molar-refractivity contribution < 1.29 is 4.92 Å². The van der Waals surface area contributed by atoms with Crippen LogP contribution in [0.15, 0.2) is 35.4 Å². The molecule has 2 rings (SSSR count). The van der Waals surface area contributed by atoms with Gasteiger partial charge in [-0.2, -0.15) is 0 Å². The van der Waals surface area contributed by atoms with E-state index >= 15 is 0 Å². The highest BCUT2D eigenvalue weighted by atomic mass is 32.2. The molecule has 1 aromatic carbocycles. The maximum atomic E-state index is 11.0. The lowest BCUT2D eigenvalue weighted by Crippen LogP contribution is -1.93. The summed E-state index contributed by atoms with van der Waals surface area (Å²) in [7, 11) is 0. The number of nitrogens with zero attached hydrogens (tertiary/aromatic N) is 2. The van der Waals surface area contributed by atoms with Crippen LogP contribution in [0.4, 0.5) is 5.69 Å². The Labute approximate surface area is 90.5 Å². The number of hydrogen-bond acceptors (Lipinski definition) is 4. The van der Waals surface area contributed by atoms with Crippen molar-refractivity contribution >= 4 is 28.4 Å². The number of thioether (sulfide) groups is 1. The molecule has 0 aliphatic rings. The molecule has 1 heterocycles. The van der Waals surface area contributed by atoms with Crippen molar-refractivity contribution in [3.8, 4) is 0 Å². The van der Waals surface area contributed by atoms with E-state index in [0.29, 0.717) is 15.8 Å². The molecule has 0 radical (unpaired) electrons. The predicted molar refractivity (Wildman–Crippen MR) is 60.2 cm³/mol. The number of hydrogen-bond donors (Lipinski definition) is 0. The molecule has 0 atom stereocenters. The molecule has 0 bridgehead atoms. The number of pyridine rings is 1. The molecule has 0 amide bonds. The first-order valence-corrected chi connectivity index (χ1v) is 5.52. The number of benzene rings is 1. The summed E-state index contributed by atoms with van der Waals surface area (Å²) in [6.07, 6.45) is 3.45. The Morgan fingerprint density at radius 2 is 2.20 bits per heavy atom. The molecule has 0 spiro atoms. The molecule has 0 aliphatic heterocycles. The Balaban J connectivity index is 2.85. The largest absolute Gasteiger partial charge is 0.292 e. The Hall–Kier alpha value is -1.62. The lowest BCUT2D eigenvalue weighted by molar-refractivity contribution is -0.385. The fourth-order valence-corrected chi connectivity index (χ4v) is 2.05. The molecule has 1 aromatic heterocycles. The Morgan fingerprint density at radius 1 is 1.40 bits per heavy atom. The Morgan fingerprint density at radius 3 is 2.87 bits per heavy atom. The van der Waals surface area contributed by atoms with Gasteiger partial charge in [0.25, 0.3) is 5.69 Å². The third-order valence-corrected chi connectivity index (χ3v) is 2.89. The van der Waals surface area contributed by atoms with E-state index in [2.05, 4.69) is 4.98 Å². The SMILES string of the molecule is CSc1ccc2ncccc2c1[N+](=O)[O-]. The van der Waals surface area contributed by atoms with E-state index in [-0.39, 0.29) is 10.6 Å². The highest BCUT2D eigenvalue weighted by Crippen LogP contribution is 2.33. The van der Waals surface area contributed by atoms with Crippen LogP contribution in [0.5, 0.6) is 0 Å². The molecule has 0 saturated heterocycles. The lowest BCUT2D eigenvalue weighted by atomic mass is 10.2. The average molecular weight is 220 g/mol. The van der Waals surface area contributed by atoms with Gasteiger partial charge in [-0.1, -0.05) is 0 Å². The van der Waals surface area contributed by atoms with Gasteiger partial charge >= 0.3 is 0 Å². The van der Waals surface area contributed by atoms with Crippen LogP contribution < -0.4 is 0 Å². The van der Waals surface area contributed by atoms with E-state index in [1.165, 1.54) is 11.8 Å². The van der Waals surface area contributed by atoms with E-state index in [4.69, 9.17) is 0 Å². The molecule has 76 valence electrons. The van der Waals surface area contributed by atoms with Gasteiger partial charge in [0.1, 0.15) is 0 Å². The quantitative estimate of drug-likeness (QED) is 0.443. The second-order valence-corrected chi connectivity index (χ2v) is 3.79.